The number of nitrogens with two attached hydrogens (primary N) is 3. The van der Waals surface area contributed by atoms with E-state index in [4.69, 9.17) is 16.6 Å². The van der Waals surface area contributed by atoms with Crippen LogP contribution in [0.15, 0.2) is 40.1 Å². The van der Waals surface area contributed by atoms with Gasteiger partial charge in [-0.05, 0) is 30.5 Å². The minimum Gasteiger partial charge on any atom is -0.375 e. The van der Waals surface area contributed by atoms with Crippen LogP contribution in [0.2, 0.25) is 0 Å². The highest BCUT2D eigenvalue weighted by Gasteiger charge is 2.40. The number of nitrogens with zero attached hydrogens (tertiary/aromatic N) is 1. The number of anilines is 1. The molecule has 2 fully saturated rings. The first-order chi connectivity index (χ1) is 16.0. The highest BCUT2D eigenvalue weighted by Crippen LogP contribution is 2.40. The van der Waals surface area contributed by atoms with E-state index in [-0.39, 0.29) is 12.1 Å². The summed E-state index contributed by atoms with van der Waals surface area (Å²) in [6, 6.07) is 8.12. The minimum atomic E-state index is -4.53. The average Bonchev–Trinajstić information content (AvgIpc) is 3.15. The zero-order valence-corrected chi connectivity index (χ0v) is 20.1. The van der Waals surface area contributed by atoms with Crippen LogP contribution in [0.1, 0.15) is 24.6 Å². The molecule has 2 aromatic carbocycles. The molecule has 1 aromatic heterocycles. The molecule has 1 aliphatic heterocycles. The molecule has 34 heavy (non-hydrogen) atoms. The van der Waals surface area contributed by atoms with Crippen LogP contribution in [0.5, 0.6) is 0 Å². The van der Waals surface area contributed by atoms with Crippen molar-refractivity contribution in [1.82, 2.24) is 31.6 Å². The van der Waals surface area contributed by atoms with Gasteiger partial charge in [-0.25, -0.2) is 42.5 Å². The van der Waals surface area contributed by atoms with Gasteiger partial charge >= 0.3 is 0 Å². The van der Waals surface area contributed by atoms with Gasteiger partial charge in [0.25, 0.3) is 0 Å². The molecule has 0 bridgehead atoms. The molecule has 0 amide bonds. The Morgan fingerprint density at radius 1 is 1.09 bits per heavy atom. The lowest BCUT2D eigenvalue weighted by Crippen LogP contribution is -2.39. The fourth-order valence-electron chi connectivity index (χ4n) is 3.84. The van der Waals surface area contributed by atoms with E-state index < -0.39 is 41.5 Å². The molecule has 16 heteroatoms. The third-order valence-electron chi connectivity index (χ3n) is 5.75. The highest BCUT2D eigenvalue weighted by atomic mass is 32.2. The molecule has 2 aliphatic rings. The number of hydrazine groups is 3. The van der Waals surface area contributed by atoms with Crippen molar-refractivity contribution in [2.45, 2.75) is 34.3 Å². The third kappa shape index (κ3) is 4.29. The zero-order valence-electron chi connectivity index (χ0n) is 17.6. The number of sulfonamides is 2. The van der Waals surface area contributed by atoms with Gasteiger partial charge in [-0.2, -0.15) is 11.1 Å². The largest absolute Gasteiger partial charge is 0.375 e. The van der Waals surface area contributed by atoms with Crippen LogP contribution in [-0.2, 0) is 20.0 Å². The molecule has 13 nitrogen and oxygen atoms in total. The van der Waals surface area contributed by atoms with Crippen molar-refractivity contribution >= 4 is 46.7 Å². The Morgan fingerprint density at radius 2 is 1.79 bits per heavy atom. The lowest BCUT2D eigenvalue weighted by Gasteiger charge is -2.22. The second-order valence-corrected chi connectivity index (χ2v) is 12.6. The average molecular weight is 526 g/mol. The third-order valence-corrected chi connectivity index (χ3v) is 9.18. The summed E-state index contributed by atoms with van der Waals surface area (Å²) in [5.74, 6) is 0. The molecule has 0 unspecified atom stereocenters. The maximum Gasteiger partial charge on any atom is 0.241 e. The van der Waals surface area contributed by atoms with E-state index in [0.717, 1.165) is 4.70 Å². The van der Waals surface area contributed by atoms with Crippen LogP contribution in [0.25, 0.3) is 21.3 Å². The van der Waals surface area contributed by atoms with Gasteiger partial charge < -0.3 is 11.5 Å². The van der Waals surface area contributed by atoms with Crippen molar-refractivity contribution in [2.75, 3.05) is 12.3 Å². The summed E-state index contributed by atoms with van der Waals surface area (Å²) in [7, 11) is -8.81. The molecule has 0 atom stereocenters. The standard InChI is InChI=1S/C18H23N9O4S3/c19-17-23-14-10(2-1-3-11(14)32-17)9-4-5-12(34(30,31)22-8-18(20)6-7-18)15(33(21,28)29)13(9)16-24-26-27-25-16/h1-5,16,22,24-27H,6-8,20H2,(H2,19,23)(H2,21,28,29). The first-order valence-corrected chi connectivity index (χ1v) is 14.0. The van der Waals surface area contributed by atoms with Gasteiger partial charge in [-0.15, -0.1) is 0 Å². The van der Waals surface area contributed by atoms with Gasteiger partial charge in [0.15, 0.2) is 5.13 Å². The number of aromatic nitrogens is 1. The Morgan fingerprint density at radius 3 is 2.44 bits per heavy atom. The monoisotopic (exact) mass is 525 g/mol. The molecule has 3 aromatic rings. The molecule has 0 radical (unpaired) electrons. The second kappa shape index (κ2) is 8.16. The van der Waals surface area contributed by atoms with Crippen molar-refractivity contribution in [3.8, 4) is 11.1 Å². The van der Waals surface area contributed by atoms with Crippen molar-refractivity contribution in [1.29, 1.82) is 0 Å². The SMILES string of the molecule is Nc1nc2c(-c3ccc(S(=O)(=O)NCC4(N)CC4)c(S(N)(=O)=O)c3C3NNNN3)cccc2s1. The maximum absolute atomic E-state index is 13.2. The van der Waals surface area contributed by atoms with E-state index in [0.29, 0.717) is 34.6 Å². The molecule has 0 spiro atoms. The Hall–Kier alpha value is -2.25. The first-order valence-electron chi connectivity index (χ1n) is 10.1. The summed E-state index contributed by atoms with van der Waals surface area (Å²) in [4.78, 5) is 3.36. The normalized spacial score (nSPS) is 18.5. The van der Waals surface area contributed by atoms with Crippen LogP contribution in [-0.4, -0.2) is 33.9 Å². The molecule has 1 saturated heterocycles. The molecule has 11 N–H and O–H groups in total. The van der Waals surface area contributed by atoms with E-state index >= 15 is 0 Å². The molecule has 1 aliphatic carbocycles. The fourth-order valence-corrected chi connectivity index (χ4v) is 7.40. The van der Waals surface area contributed by atoms with Crippen LogP contribution in [0.4, 0.5) is 5.13 Å². The number of fused-ring (bicyclic) bond motifs is 1. The predicted octanol–water partition coefficient (Wildman–Crippen LogP) is -0.922. The summed E-state index contributed by atoms with van der Waals surface area (Å²) in [6.45, 7) is -0.0169. The fraction of sp³-hybridized carbons (Fsp3) is 0.278. The molecule has 1 saturated carbocycles. The van der Waals surface area contributed by atoms with Gasteiger partial charge in [-0.1, -0.05) is 29.5 Å². The number of hydrogen-bond donors (Lipinski definition) is 8. The van der Waals surface area contributed by atoms with Crippen LogP contribution in [0.3, 0.4) is 0 Å². The van der Waals surface area contributed by atoms with E-state index in [2.05, 4.69) is 31.6 Å². The number of para-hydroxylation sites is 1. The summed E-state index contributed by atoms with van der Waals surface area (Å²) in [5, 5.41) is 5.95. The predicted molar refractivity (Wildman–Crippen MR) is 127 cm³/mol. The number of nitrogen functional groups attached to an aromatic ring is 1. The lowest BCUT2D eigenvalue weighted by molar-refractivity contribution is 0.531. The smallest absolute Gasteiger partial charge is 0.241 e. The molecule has 5 rings (SSSR count). The Bertz CT molecular complexity index is 1490. The van der Waals surface area contributed by atoms with Gasteiger partial charge in [-0.3, -0.25) is 0 Å². The number of rotatable bonds is 7. The molecule has 2 heterocycles. The highest BCUT2D eigenvalue weighted by molar-refractivity contribution is 7.92. The number of benzene rings is 2. The van der Waals surface area contributed by atoms with Crippen LogP contribution < -0.4 is 43.2 Å². The van der Waals surface area contributed by atoms with Crippen molar-refractivity contribution < 1.29 is 16.8 Å². The Balaban J connectivity index is 1.77. The van der Waals surface area contributed by atoms with Crippen LogP contribution >= 0.6 is 11.3 Å². The maximum atomic E-state index is 13.2. The quantitative estimate of drug-likeness (QED) is 0.188. The van der Waals surface area contributed by atoms with E-state index in [9.17, 15) is 16.8 Å². The van der Waals surface area contributed by atoms with Crippen LogP contribution in [0, 0.1) is 0 Å². The number of thiazole rings is 1. The van der Waals surface area contributed by atoms with Gasteiger partial charge in [0.1, 0.15) is 16.0 Å². The van der Waals surface area contributed by atoms with Crippen molar-refractivity contribution in [3.63, 3.8) is 0 Å². The lowest BCUT2D eigenvalue weighted by atomic mass is 9.97. The van der Waals surface area contributed by atoms with E-state index in [1.807, 2.05) is 6.07 Å². The molecule has 182 valence electrons. The summed E-state index contributed by atoms with van der Waals surface area (Å²) in [5.41, 5.74) is 23.8. The van der Waals surface area contributed by atoms with Gasteiger partial charge in [0.2, 0.25) is 20.0 Å². The van der Waals surface area contributed by atoms with E-state index in [1.54, 1.807) is 12.1 Å². The van der Waals surface area contributed by atoms with Crippen molar-refractivity contribution in [3.05, 3.63) is 35.9 Å². The summed E-state index contributed by atoms with van der Waals surface area (Å²) >= 11 is 1.28. The number of primary sulfonamides is 1. The number of hydrogen-bond acceptors (Lipinski definition) is 12. The van der Waals surface area contributed by atoms with Gasteiger partial charge in [0, 0.05) is 23.2 Å². The Kier molecular flexibility index (Phi) is 5.64. The zero-order chi connectivity index (χ0) is 24.3. The summed E-state index contributed by atoms with van der Waals surface area (Å²) < 4.78 is 55.4. The number of nitrogens with one attached hydrogen (secondary N) is 5. The van der Waals surface area contributed by atoms with Crippen molar-refractivity contribution in [2.24, 2.45) is 10.9 Å². The summed E-state index contributed by atoms with van der Waals surface area (Å²) in [6.07, 6.45) is 0.486. The first kappa shape index (κ1) is 23.5. The molecular weight excluding hydrogens is 502 g/mol. The Labute approximate surface area is 199 Å². The van der Waals surface area contributed by atoms with Gasteiger partial charge in [0.05, 0.1) is 10.2 Å². The minimum absolute atomic E-state index is 0.0169. The second-order valence-electron chi connectivity index (χ2n) is 8.26. The topological polar surface area (TPSA) is 219 Å². The van der Waals surface area contributed by atoms with E-state index in [1.165, 1.54) is 23.5 Å². The molecular formula is C18H23N9O4S3.